The van der Waals surface area contributed by atoms with Crippen molar-refractivity contribution in [1.29, 1.82) is 0 Å². The first-order valence-electron chi connectivity index (χ1n) is 6.33. The Morgan fingerprint density at radius 3 is 2.36 bits per heavy atom. The Balaban J connectivity index is 2.22. The predicted molar refractivity (Wildman–Crippen MR) is 86.9 cm³/mol. The molecule has 7 heteroatoms. The molecule has 2 rings (SSSR count). The summed E-state index contributed by atoms with van der Waals surface area (Å²) in [5.41, 5.74) is 3.49. The number of para-hydroxylation sites is 1. The van der Waals surface area contributed by atoms with E-state index in [1.165, 1.54) is 6.07 Å². The summed E-state index contributed by atoms with van der Waals surface area (Å²) in [4.78, 5) is 22.5. The van der Waals surface area contributed by atoms with Crippen LogP contribution in [-0.2, 0) is 0 Å². The molecular weight excluding hydrogens is 350 g/mol. The van der Waals surface area contributed by atoms with Crippen molar-refractivity contribution >= 4 is 33.2 Å². The molecule has 1 N–H and O–H groups in total. The average molecular weight is 362 g/mol. The maximum absolute atomic E-state index is 12.0. The first kappa shape index (κ1) is 15.8. The van der Waals surface area contributed by atoms with E-state index in [1.807, 2.05) is 0 Å². The fraction of sp³-hybridized carbons (Fsp3) is 0.0667. The smallest absolute Gasteiger partial charge is 0.267 e. The van der Waals surface area contributed by atoms with Gasteiger partial charge in [0.1, 0.15) is 0 Å². The molecule has 0 spiro atoms. The van der Waals surface area contributed by atoms with Gasteiger partial charge in [0.15, 0.2) is 0 Å². The van der Waals surface area contributed by atoms with Crippen molar-refractivity contribution in [3.63, 3.8) is 0 Å². The average Bonchev–Trinajstić information content (AvgIpc) is 2.52. The van der Waals surface area contributed by atoms with Gasteiger partial charge in [-0.3, -0.25) is 14.9 Å². The van der Waals surface area contributed by atoms with Crippen LogP contribution in [0.3, 0.4) is 0 Å². The molecule has 6 nitrogen and oxygen atoms in total. The van der Waals surface area contributed by atoms with E-state index in [1.54, 1.807) is 49.4 Å². The lowest BCUT2D eigenvalue weighted by Gasteiger charge is -2.05. The Hall–Kier alpha value is -2.54. The number of amides is 1. The molecule has 0 radical (unpaired) electrons. The van der Waals surface area contributed by atoms with Gasteiger partial charge in [0.05, 0.1) is 21.8 Å². The van der Waals surface area contributed by atoms with Gasteiger partial charge < -0.3 is 0 Å². The molecule has 0 heterocycles. The molecule has 0 aromatic heterocycles. The van der Waals surface area contributed by atoms with Gasteiger partial charge in [0.25, 0.3) is 11.6 Å². The number of nitrogens with zero attached hydrogens (tertiary/aromatic N) is 2. The van der Waals surface area contributed by atoms with Crippen LogP contribution in [0.15, 0.2) is 58.1 Å². The van der Waals surface area contributed by atoms with E-state index in [9.17, 15) is 14.9 Å². The van der Waals surface area contributed by atoms with Gasteiger partial charge in [-0.25, -0.2) is 5.43 Å². The second kappa shape index (κ2) is 6.95. The minimum Gasteiger partial charge on any atom is -0.267 e. The van der Waals surface area contributed by atoms with E-state index >= 15 is 0 Å². The van der Waals surface area contributed by atoms with Crippen LogP contribution in [0.2, 0.25) is 0 Å². The number of nitro benzene ring substituents is 1. The molecule has 0 unspecified atom stereocenters. The standard InChI is InChI=1S/C15H12BrN3O3/c1-10(11-6-3-5-9-14(11)19(21)22)17-18-15(20)12-7-2-4-8-13(12)16/h2-9H,1H3,(H,18,20)/b17-10-. The second-order valence-corrected chi connectivity index (χ2v) is 5.25. The summed E-state index contributed by atoms with van der Waals surface area (Å²) in [6, 6.07) is 13.2. The van der Waals surface area contributed by atoms with Crippen LogP contribution >= 0.6 is 15.9 Å². The first-order chi connectivity index (χ1) is 10.5. The number of carbonyl (C=O) groups is 1. The van der Waals surface area contributed by atoms with Crippen LogP contribution in [-0.4, -0.2) is 16.5 Å². The molecule has 0 fully saturated rings. The number of halogens is 1. The van der Waals surface area contributed by atoms with Crippen molar-refractivity contribution in [3.8, 4) is 0 Å². The number of hydrazone groups is 1. The van der Waals surface area contributed by atoms with Gasteiger partial charge in [0, 0.05) is 10.5 Å². The van der Waals surface area contributed by atoms with Gasteiger partial charge in [-0.15, -0.1) is 0 Å². The number of hydrogen-bond acceptors (Lipinski definition) is 4. The lowest BCUT2D eigenvalue weighted by Crippen LogP contribution is -2.20. The summed E-state index contributed by atoms with van der Waals surface area (Å²) in [6.07, 6.45) is 0. The summed E-state index contributed by atoms with van der Waals surface area (Å²) in [6.45, 7) is 1.60. The fourth-order valence-corrected chi connectivity index (χ4v) is 2.30. The number of benzene rings is 2. The molecule has 2 aromatic rings. The molecule has 0 bridgehead atoms. The Morgan fingerprint density at radius 2 is 1.73 bits per heavy atom. The normalized spacial score (nSPS) is 11.1. The lowest BCUT2D eigenvalue weighted by molar-refractivity contribution is -0.385. The molecule has 2 aromatic carbocycles. The van der Waals surface area contributed by atoms with E-state index < -0.39 is 10.8 Å². The molecule has 0 aliphatic heterocycles. The van der Waals surface area contributed by atoms with Crippen LogP contribution in [0, 0.1) is 10.1 Å². The van der Waals surface area contributed by atoms with Crippen molar-refractivity contribution in [3.05, 3.63) is 74.2 Å². The minimum atomic E-state index is -0.482. The Labute approximate surface area is 135 Å². The predicted octanol–water partition coefficient (Wildman–Crippen LogP) is 3.51. The van der Waals surface area contributed by atoms with E-state index in [4.69, 9.17) is 0 Å². The third-order valence-corrected chi connectivity index (χ3v) is 3.63. The third-order valence-electron chi connectivity index (χ3n) is 2.93. The van der Waals surface area contributed by atoms with Crippen molar-refractivity contribution in [2.45, 2.75) is 6.92 Å². The molecule has 1 amide bonds. The highest BCUT2D eigenvalue weighted by Gasteiger charge is 2.15. The molecule has 0 saturated carbocycles. The molecule has 0 aliphatic rings. The van der Waals surface area contributed by atoms with E-state index in [0.717, 1.165) is 0 Å². The molecule has 0 aliphatic carbocycles. The van der Waals surface area contributed by atoms with Gasteiger partial charge >= 0.3 is 0 Å². The summed E-state index contributed by atoms with van der Waals surface area (Å²) in [7, 11) is 0. The second-order valence-electron chi connectivity index (χ2n) is 4.39. The van der Waals surface area contributed by atoms with Gasteiger partial charge in [-0.2, -0.15) is 5.10 Å². The Bertz CT molecular complexity index is 759. The summed E-state index contributed by atoms with van der Waals surface area (Å²) in [5, 5.41) is 14.9. The van der Waals surface area contributed by atoms with Crippen molar-refractivity contribution in [2.75, 3.05) is 0 Å². The zero-order valence-corrected chi connectivity index (χ0v) is 13.2. The number of hydrogen-bond donors (Lipinski definition) is 1. The highest BCUT2D eigenvalue weighted by atomic mass is 79.9. The van der Waals surface area contributed by atoms with Gasteiger partial charge in [-0.05, 0) is 41.1 Å². The number of carbonyl (C=O) groups excluding carboxylic acids is 1. The van der Waals surface area contributed by atoms with Crippen molar-refractivity contribution in [1.82, 2.24) is 5.43 Å². The van der Waals surface area contributed by atoms with Crippen LogP contribution < -0.4 is 5.43 Å². The van der Waals surface area contributed by atoms with Gasteiger partial charge in [0.2, 0.25) is 0 Å². The van der Waals surface area contributed by atoms with Crippen LogP contribution in [0.25, 0.3) is 0 Å². The summed E-state index contributed by atoms with van der Waals surface area (Å²) >= 11 is 3.28. The number of rotatable bonds is 4. The monoisotopic (exact) mass is 361 g/mol. The molecule has 112 valence electrons. The Morgan fingerprint density at radius 1 is 1.14 bits per heavy atom. The summed E-state index contributed by atoms with van der Waals surface area (Å²) < 4.78 is 0.644. The van der Waals surface area contributed by atoms with E-state index in [-0.39, 0.29) is 5.69 Å². The van der Waals surface area contributed by atoms with Crippen LogP contribution in [0.5, 0.6) is 0 Å². The third kappa shape index (κ3) is 3.56. The number of nitrogens with one attached hydrogen (secondary N) is 1. The van der Waals surface area contributed by atoms with Crippen LogP contribution in [0.1, 0.15) is 22.8 Å². The maximum atomic E-state index is 12.0. The SMILES string of the molecule is C/C(=N/NC(=O)c1ccccc1Br)c1ccccc1[N+](=O)[O-]. The molecular formula is C15H12BrN3O3. The van der Waals surface area contributed by atoms with Gasteiger partial charge in [-0.1, -0.05) is 24.3 Å². The molecule has 0 saturated heterocycles. The van der Waals surface area contributed by atoms with Crippen molar-refractivity contribution in [2.24, 2.45) is 5.10 Å². The van der Waals surface area contributed by atoms with Crippen molar-refractivity contribution < 1.29 is 9.72 Å². The summed E-state index contributed by atoms with van der Waals surface area (Å²) in [5.74, 6) is -0.398. The topological polar surface area (TPSA) is 84.6 Å². The quantitative estimate of drug-likeness (QED) is 0.513. The Kier molecular flexibility index (Phi) is 5.00. The largest absolute Gasteiger partial charge is 0.278 e. The van der Waals surface area contributed by atoms with E-state index in [2.05, 4.69) is 26.5 Å². The van der Waals surface area contributed by atoms with Crippen LogP contribution in [0.4, 0.5) is 5.69 Å². The number of nitro groups is 1. The maximum Gasteiger partial charge on any atom is 0.278 e. The zero-order chi connectivity index (χ0) is 16.1. The zero-order valence-electron chi connectivity index (χ0n) is 11.6. The molecule has 22 heavy (non-hydrogen) atoms. The van der Waals surface area contributed by atoms with E-state index in [0.29, 0.717) is 21.3 Å². The highest BCUT2D eigenvalue weighted by Crippen LogP contribution is 2.19. The first-order valence-corrected chi connectivity index (χ1v) is 7.13. The lowest BCUT2D eigenvalue weighted by atomic mass is 10.1. The highest BCUT2D eigenvalue weighted by molar-refractivity contribution is 9.10. The fourth-order valence-electron chi connectivity index (χ4n) is 1.84. The molecule has 0 atom stereocenters. The minimum absolute atomic E-state index is 0.0566.